The van der Waals surface area contributed by atoms with Crippen LogP contribution in [0.3, 0.4) is 0 Å². The number of rotatable bonds is 5. The molecule has 11 heteroatoms. The fourth-order valence-electron chi connectivity index (χ4n) is 8.61. The summed E-state index contributed by atoms with van der Waals surface area (Å²) in [7, 11) is 7.50. The summed E-state index contributed by atoms with van der Waals surface area (Å²) < 4.78 is 27.5. The van der Waals surface area contributed by atoms with Gasteiger partial charge in [-0.25, -0.2) is 4.58 Å². The zero-order valence-corrected chi connectivity index (χ0v) is 32.5. The predicted molar refractivity (Wildman–Crippen MR) is 197 cm³/mol. The minimum atomic E-state index is -1.46. The van der Waals surface area contributed by atoms with Gasteiger partial charge >= 0.3 is 5.97 Å². The van der Waals surface area contributed by atoms with E-state index < -0.39 is 47.0 Å². The van der Waals surface area contributed by atoms with E-state index in [9.17, 15) is 14.7 Å². The number of pyridine rings is 1. The number of Topliss-reactive ketones (excluding diaryl/α,β-unsaturated/α-hetero) is 1. The van der Waals surface area contributed by atoms with Crippen molar-refractivity contribution in [1.82, 2.24) is 14.8 Å². The average molecular weight is 710 g/mol. The van der Waals surface area contributed by atoms with Crippen molar-refractivity contribution in [2.75, 3.05) is 54.4 Å². The lowest BCUT2D eigenvalue weighted by Gasteiger charge is -2.45. The fourth-order valence-corrected chi connectivity index (χ4v) is 8.61. The minimum absolute atomic E-state index is 0.137. The molecule has 7 atom stereocenters. The number of piperidine rings is 1. The molecule has 0 unspecified atom stereocenters. The molecule has 1 spiro atoms. The molecule has 1 aromatic carbocycles. The first-order valence-electron chi connectivity index (χ1n) is 18.6. The Morgan fingerprint density at radius 3 is 2.43 bits per heavy atom. The number of likely N-dealkylation sites (N-methyl/N-ethyl adjacent to an activating group) is 1. The van der Waals surface area contributed by atoms with Crippen LogP contribution in [-0.2, 0) is 35.1 Å². The van der Waals surface area contributed by atoms with Crippen LogP contribution in [0.15, 0.2) is 36.7 Å². The average Bonchev–Trinajstić information content (AvgIpc) is 3.08. The zero-order valence-electron chi connectivity index (χ0n) is 32.5. The van der Waals surface area contributed by atoms with Crippen LogP contribution in [0.2, 0.25) is 0 Å². The number of aromatic nitrogens is 1. The Labute approximate surface area is 304 Å². The molecule has 1 aromatic heterocycles. The number of carbonyl (C=O) groups is 2. The molecule has 3 saturated heterocycles. The highest BCUT2D eigenvalue weighted by molar-refractivity contribution is 6.04. The van der Waals surface area contributed by atoms with E-state index in [2.05, 4.69) is 47.0 Å². The van der Waals surface area contributed by atoms with Crippen LogP contribution in [0.4, 0.5) is 0 Å². The molecular formula is C40H61N4O7+. The maximum absolute atomic E-state index is 14.5. The first kappa shape index (κ1) is 39.4. The molecule has 0 bridgehead atoms. The number of hydrogen-bond acceptors (Lipinski definition) is 10. The summed E-state index contributed by atoms with van der Waals surface area (Å²) in [6.45, 7) is 14.8. The first-order chi connectivity index (χ1) is 24.0. The predicted octanol–water partition coefficient (Wildman–Crippen LogP) is 4.31. The highest BCUT2D eigenvalue weighted by atomic mass is 16.7. The Kier molecular flexibility index (Phi) is 12.1. The molecule has 4 heterocycles. The van der Waals surface area contributed by atoms with Gasteiger partial charge in [0.15, 0.2) is 23.9 Å². The highest BCUT2D eigenvalue weighted by Crippen LogP contribution is 2.39. The van der Waals surface area contributed by atoms with Gasteiger partial charge in [-0.2, -0.15) is 0 Å². The number of benzene rings is 1. The van der Waals surface area contributed by atoms with E-state index in [0.717, 1.165) is 37.3 Å². The second-order valence-corrected chi connectivity index (χ2v) is 16.6. The number of likely N-dealkylation sites (tertiary alicyclic amines) is 1. The Hall–Kier alpha value is -2.80. The summed E-state index contributed by atoms with van der Waals surface area (Å²) in [5.41, 5.74) is -1.10. The van der Waals surface area contributed by atoms with Crippen molar-refractivity contribution in [3.63, 3.8) is 0 Å². The summed E-state index contributed by atoms with van der Waals surface area (Å²) in [4.78, 5) is 37.7. The van der Waals surface area contributed by atoms with Crippen molar-refractivity contribution >= 4 is 28.2 Å². The number of hydrogen-bond donors (Lipinski definition) is 1. The summed E-state index contributed by atoms with van der Waals surface area (Å²) >= 11 is 0. The minimum Gasteiger partial charge on any atom is -0.457 e. The topological polar surface area (TPSA) is 114 Å². The van der Waals surface area contributed by atoms with Crippen LogP contribution in [0, 0.1) is 17.3 Å². The maximum Gasteiger partial charge on any atom is 0.319 e. The molecule has 3 aliphatic heterocycles. The Balaban J connectivity index is 1.40. The van der Waals surface area contributed by atoms with Crippen LogP contribution in [0.25, 0.3) is 10.8 Å². The van der Waals surface area contributed by atoms with Gasteiger partial charge in [0.25, 0.3) is 0 Å². The third-order valence-electron chi connectivity index (χ3n) is 11.5. The van der Waals surface area contributed by atoms with Crippen molar-refractivity contribution in [2.24, 2.45) is 17.3 Å². The van der Waals surface area contributed by atoms with Crippen molar-refractivity contribution in [2.45, 2.75) is 110 Å². The van der Waals surface area contributed by atoms with Gasteiger partial charge in [-0.1, -0.05) is 26.0 Å². The van der Waals surface area contributed by atoms with Gasteiger partial charge in [0, 0.05) is 76.4 Å². The number of carbonyl (C=O) groups excluding carboxylic acids is 2. The lowest BCUT2D eigenvalue weighted by Crippen LogP contribution is -2.58. The summed E-state index contributed by atoms with van der Waals surface area (Å²) in [6, 6.07) is 8.53. The van der Waals surface area contributed by atoms with Crippen LogP contribution in [0.5, 0.6) is 0 Å². The largest absolute Gasteiger partial charge is 0.457 e. The van der Waals surface area contributed by atoms with Crippen molar-refractivity contribution < 1.29 is 38.2 Å². The van der Waals surface area contributed by atoms with E-state index in [-0.39, 0.29) is 17.8 Å². The second-order valence-electron chi connectivity index (χ2n) is 16.6. The van der Waals surface area contributed by atoms with Crippen LogP contribution in [-0.4, -0.2) is 132 Å². The Morgan fingerprint density at radius 1 is 1.06 bits per heavy atom. The number of nitrogens with zero attached hydrogens (tertiary/aromatic N) is 4. The van der Waals surface area contributed by atoms with Crippen LogP contribution >= 0.6 is 0 Å². The maximum atomic E-state index is 14.5. The van der Waals surface area contributed by atoms with Crippen LogP contribution < -0.4 is 0 Å². The van der Waals surface area contributed by atoms with Gasteiger partial charge in [0.05, 0.1) is 24.2 Å². The summed E-state index contributed by atoms with van der Waals surface area (Å²) in [6.07, 6.45) is 3.12. The number of methoxy groups -OCH3 is 1. The smallest absolute Gasteiger partial charge is 0.319 e. The number of ketones is 1. The Morgan fingerprint density at radius 2 is 1.76 bits per heavy atom. The molecule has 0 amide bonds. The molecular weight excluding hydrogens is 648 g/mol. The van der Waals surface area contributed by atoms with Gasteiger partial charge in [0.2, 0.25) is 0 Å². The SMILES string of the molecule is CO[C@]1(C)C[C@@H](C)CN(C)CC2(CCN(Cc3ccc4cnccc4c3)CC2)OC(=O)C(C)(C)C(=O)[C@H](C)[C@H]1O[C@@H]1O[C@H](C)CC(=[N+](C)C)[C@H]1O. The van der Waals surface area contributed by atoms with Gasteiger partial charge in [0.1, 0.15) is 25.1 Å². The normalized spacial score (nSPS) is 33.0. The molecule has 0 aliphatic carbocycles. The highest BCUT2D eigenvalue weighted by Gasteiger charge is 2.53. The quantitative estimate of drug-likeness (QED) is 0.274. The molecule has 0 radical (unpaired) electrons. The van der Waals surface area contributed by atoms with E-state index in [1.165, 1.54) is 10.9 Å². The fraction of sp³-hybridized carbons (Fsp3) is 0.700. The third kappa shape index (κ3) is 8.71. The Bertz CT molecular complexity index is 1580. The number of fused-ring (bicyclic) bond motifs is 1. The molecule has 11 nitrogen and oxygen atoms in total. The van der Waals surface area contributed by atoms with Gasteiger partial charge < -0.3 is 29.0 Å². The van der Waals surface area contributed by atoms with E-state index >= 15 is 0 Å². The van der Waals surface area contributed by atoms with Gasteiger partial charge in [-0.15, -0.1) is 0 Å². The van der Waals surface area contributed by atoms with Crippen molar-refractivity contribution in [3.8, 4) is 0 Å². The van der Waals surface area contributed by atoms with Crippen LogP contribution in [0.1, 0.15) is 72.8 Å². The second kappa shape index (κ2) is 15.7. The van der Waals surface area contributed by atoms with E-state index in [1.807, 2.05) is 51.0 Å². The number of esters is 1. The summed E-state index contributed by atoms with van der Waals surface area (Å²) in [5, 5.41) is 13.7. The molecule has 282 valence electrons. The lowest BCUT2D eigenvalue weighted by atomic mass is 9.74. The third-order valence-corrected chi connectivity index (χ3v) is 11.5. The molecule has 3 fully saturated rings. The van der Waals surface area contributed by atoms with Gasteiger partial charge in [-0.05, 0) is 70.2 Å². The van der Waals surface area contributed by atoms with Gasteiger partial charge in [-0.3, -0.25) is 19.5 Å². The molecule has 2 aromatic rings. The first-order valence-corrected chi connectivity index (χ1v) is 18.6. The van der Waals surface area contributed by atoms with E-state index in [0.29, 0.717) is 32.2 Å². The van der Waals surface area contributed by atoms with E-state index in [1.54, 1.807) is 27.9 Å². The number of aliphatic hydroxyl groups excluding tert-OH is 1. The zero-order chi connectivity index (χ0) is 37.3. The van der Waals surface area contributed by atoms with Crippen molar-refractivity contribution in [3.05, 3.63) is 42.2 Å². The summed E-state index contributed by atoms with van der Waals surface area (Å²) in [5.74, 6) is -1.47. The lowest BCUT2D eigenvalue weighted by molar-refractivity contribution is -0.473. The monoisotopic (exact) mass is 709 g/mol. The molecule has 0 saturated carbocycles. The number of aliphatic hydroxyl groups is 1. The number of ether oxygens (including phenoxy) is 4. The molecule has 51 heavy (non-hydrogen) atoms. The molecule has 5 rings (SSSR count). The molecule has 3 aliphatic rings. The standard InChI is InChI=1S/C40H61N4O7/c1-26-21-39(6,48-10)35(50-36-33(45)32(42(7)8)19-27(2)49-36)28(3)34(46)38(4,5)37(47)51-40(25-43(9)23-26)14-17-44(18-15-40)24-29-11-12-31-22-41-16-13-30(31)20-29/h11-13,16,20,22,26-28,33,35-36,45H,14-15,17-19,21,23-25H2,1-10H3/q+1/t26-,27-,28+,33-,35-,36+,39-/m1/s1. The molecule has 1 N–H and O–H groups in total. The van der Waals surface area contributed by atoms with E-state index in [4.69, 9.17) is 18.9 Å². The van der Waals surface area contributed by atoms with Crippen molar-refractivity contribution in [1.29, 1.82) is 0 Å².